The van der Waals surface area contributed by atoms with Gasteiger partial charge in [-0.25, -0.2) is 4.79 Å². The predicted molar refractivity (Wildman–Crippen MR) is 69.4 cm³/mol. The molecule has 2 amide bonds. The monoisotopic (exact) mass is 256 g/mol. The van der Waals surface area contributed by atoms with Crippen LogP contribution in [0.15, 0.2) is 0 Å². The van der Waals surface area contributed by atoms with Gasteiger partial charge in [0.05, 0.1) is 5.92 Å². The van der Waals surface area contributed by atoms with E-state index in [1.165, 1.54) is 6.42 Å². The largest absolute Gasteiger partial charge is 0.481 e. The van der Waals surface area contributed by atoms with Crippen molar-refractivity contribution in [3.63, 3.8) is 0 Å². The van der Waals surface area contributed by atoms with E-state index >= 15 is 0 Å². The molecule has 0 aromatic rings. The average molecular weight is 256 g/mol. The summed E-state index contributed by atoms with van der Waals surface area (Å²) in [7, 11) is 0. The van der Waals surface area contributed by atoms with Crippen LogP contribution in [-0.4, -0.2) is 41.6 Å². The molecule has 1 atom stereocenters. The SMILES string of the molecule is CCN(CC(C)C(=O)O)C(=O)NCC1(C)CCC1. The van der Waals surface area contributed by atoms with E-state index in [4.69, 9.17) is 5.11 Å². The minimum Gasteiger partial charge on any atom is -0.481 e. The predicted octanol–water partition coefficient (Wildman–Crippen LogP) is 1.93. The molecule has 0 spiro atoms. The van der Waals surface area contributed by atoms with Crippen LogP contribution in [0.3, 0.4) is 0 Å². The molecule has 0 saturated heterocycles. The Balaban J connectivity index is 2.39. The Morgan fingerprint density at radius 1 is 1.44 bits per heavy atom. The van der Waals surface area contributed by atoms with Crippen molar-refractivity contribution in [3.8, 4) is 0 Å². The van der Waals surface area contributed by atoms with Crippen LogP contribution in [0.5, 0.6) is 0 Å². The number of carbonyl (C=O) groups is 2. The number of carboxylic acids is 1. The van der Waals surface area contributed by atoms with Crippen molar-refractivity contribution in [2.24, 2.45) is 11.3 Å². The first-order valence-electron chi connectivity index (χ1n) is 6.63. The second-order valence-corrected chi connectivity index (χ2v) is 5.60. The van der Waals surface area contributed by atoms with Crippen LogP contribution in [0.1, 0.15) is 40.0 Å². The summed E-state index contributed by atoms with van der Waals surface area (Å²) in [5.74, 6) is -1.40. The molecule has 0 bridgehead atoms. The summed E-state index contributed by atoms with van der Waals surface area (Å²) >= 11 is 0. The van der Waals surface area contributed by atoms with Gasteiger partial charge in [0, 0.05) is 19.6 Å². The molecule has 5 heteroatoms. The average Bonchev–Trinajstić information content (AvgIpc) is 2.29. The molecular formula is C13H24N2O3. The highest BCUT2D eigenvalue weighted by Crippen LogP contribution is 2.39. The minimum atomic E-state index is -0.868. The summed E-state index contributed by atoms with van der Waals surface area (Å²) in [6, 6.07) is -0.154. The zero-order valence-electron chi connectivity index (χ0n) is 11.5. The van der Waals surface area contributed by atoms with Gasteiger partial charge in [0.2, 0.25) is 0 Å². The number of hydrogen-bond donors (Lipinski definition) is 2. The van der Waals surface area contributed by atoms with Crippen LogP contribution in [0, 0.1) is 11.3 Å². The van der Waals surface area contributed by atoms with Gasteiger partial charge in [-0.2, -0.15) is 0 Å². The van der Waals surface area contributed by atoms with Crippen LogP contribution < -0.4 is 5.32 Å². The summed E-state index contributed by atoms with van der Waals surface area (Å²) in [5.41, 5.74) is 0.244. The van der Waals surface area contributed by atoms with Crippen molar-refractivity contribution in [1.82, 2.24) is 10.2 Å². The Kier molecular flexibility index (Phi) is 4.99. The summed E-state index contributed by atoms with van der Waals surface area (Å²) in [5, 5.41) is 11.8. The highest BCUT2D eigenvalue weighted by atomic mass is 16.4. The number of rotatable bonds is 6. The lowest BCUT2D eigenvalue weighted by Gasteiger charge is -2.39. The van der Waals surface area contributed by atoms with Gasteiger partial charge in [-0.15, -0.1) is 0 Å². The van der Waals surface area contributed by atoms with Crippen molar-refractivity contribution in [1.29, 1.82) is 0 Å². The van der Waals surface area contributed by atoms with Crippen molar-refractivity contribution in [2.75, 3.05) is 19.6 Å². The van der Waals surface area contributed by atoms with Gasteiger partial charge in [0.15, 0.2) is 0 Å². The van der Waals surface area contributed by atoms with Crippen molar-refractivity contribution < 1.29 is 14.7 Å². The highest BCUT2D eigenvalue weighted by molar-refractivity contribution is 5.76. The molecule has 1 unspecified atom stereocenters. The zero-order valence-corrected chi connectivity index (χ0v) is 11.5. The third-order valence-corrected chi connectivity index (χ3v) is 3.81. The lowest BCUT2D eigenvalue weighted by atomic mass is 9.70. The van der Waals surface area contributed by atoms with E-state index in [0.717, 1.165) is 12.8 Å². The lowest BCUT2D eigenvalue weighted by molar-refractivity contribution is -0.141. The fraction of sp³-hybridized carbons (Fsp3) is 0.846. The van der Waals surface area contributed by atoms with Crippen LogP contribution in [0.25, 0.3) is 0 Å². The van der Waals surface area contributed by atoms with Crippen LogP contribution in [0.2, 0.25) is 0 Å². The van der Waals surface area contributed by atoms with E-state index in [1.54, 1.807) is 11.8 Å². The Morgan fingerprint density at radius 3 is 2.44 bits per heavy atom. The molecule has 104 valence electrons. The maximum absolute atomic E-state index is 11.9. The Bertz CT molecular complexity index is 313. The second-order valence-electron chi connectivity index (χ2n) is 5.60. The number of nitrogens with one attached hydrogen (secondary N) is 1. The topological polar surface area (TPSA) is 69.6 Å². The Morgan fingerprint density at radius 2 is 2.06 bits per heavy atom. The number of carboxylic acid groups (broad SMARTS) is 1. The molecule has 0 radical (unpaired) electrons. The molecule has 0 heterocycles. The first-order chi connectivity index (χ1) is 8.38. The molecule has 2 N–H and O–H groups in total. The standard InChI is InChI=1S/C13H24N2O3/c1-4-15(8-10(2)11(16)17)12(18)14-9-13(3)6-5-7-13/h10H,4-9H2,1-3H3,(H,14,18)(H,16,17). The Labute approximate surface area is 109 Å². The molecule has 1 aliphatic carbocycles. The van der Waals surface area contributed by atoms with Crippen LogP contribution in [0.4, 0.5) is 4.79 Å². The summed E-state index contributed by atoms with van der Waals surface area (Å²) in [6.45, 7) is 7.12. The smallest absolute Gasteiger partial charge is 0.317 e. The second kappa shape index (κ2) is 6.07. The van der Waals surface area contributed by atoms with Gasteiger partial charge in [-0.3, -0.25) is 4.79 Å². The lowest BCUT2D eigenvalue weighted by Crippen LogP contribution is -2.47. The maximum atomic E-state index is 11.9. The molecule has 1 rings (SSSR count). The van der Waals surface area contributed by atoms with Crippen molar-refractivity contribution in [3.05, 3.63) is 0 Å². The van der Waals surface area contributed by atoms with Gasteiger partial charge < -0.3 is 15.3 Å². The number of nitrogens with zero attached hydrogens (tertiary/aromatic N) is 1. The van der Waals surface area contributed by atoms with Gasteiger partial charge in [0.25, 0.3) is 0 Å². The quantitative estimate of drug-likeness (QED) is 0.763. The third kappa shape index (κ3) is 3.89. The normalized spacial score (nSPS) is 18.6. The maximum Gasteiger partial charge on any atom is 0.317 e. The zero-order chi connectivity index (χ0) is 13.8. The summed E-state index contributed by atoms with van der Waals surface area (Å²) in [6.07, 6.45) is 3.55. The molecule has 0 aromatic carbocycles. The third-order valence-electron chi connectivity index (χ3n) is 3.81. The summed E-state index contributed by atoms with van der Waals surface area (Å²) < 4.78 is 0. The molecule has 0 aromatic heterocycles. The molecule has 1 aliphatic rings. The van der Waals surface area contributed by atoms with Crippen molar-refractivity contribution >= 4 is 12.0 Å². The van der Waals surface area contributed by atoms with E-state index in [0.29, 0.717) is 13.1 Å². The van der Waals surface area contributed by atoms with Gasteiger partial charge >= 0.3 is 12.0 Å². The number of aliphatic carboxylic acids is 1. The number of carbonyl (C=O) groups excluding carboxylic acids is 1. The number of hydrogen-bond acceptors (Lipinski definition) is 2. The van der Waals surface area contributed by atoms with E-state index < -0.39 is 11.9 Å². The van der Waals surface area contributed by atoms with E-state index in [9.17, 15) is 9.59 Å². The number of urea groups is 1. The summed E-state index contributed by atoms with van der Waals surface area (Å²) in [4.78, 5) is 24.3. The van der Waals surface area contributed by atoms with Crippen LogP contribution >= 0.6 is 0 Å². The molecule has 5 nitrogen and oxygen atoms in total. The molecule has 18 heavy (non-hydrogen) atoms. The fourth-order valence-corrected chi connectivity index (χ4v) is 2.12. The van der Waals surface area contributed by atoms with Crippen molar-refractivity contribution in [2.45, 2.75) is 40.0 Å². The molecule has 0 aliphatic heterocycles. The minimum absolute atomic E-state index is 0.154. The Hall–Kier alpha value is -1.26. The van der Waals surface area contributed by atoms with E-state index in [2.05, 4.69) is 12.2 Å². The molecule has 1 saturated carbocycles. The fourth-order valence-electron chi connectivity index (χ4n) is 2.12. The first-order valence-corrected chi connectivity index (χ1v) is 6.63. The van der Waals surface area contributed by atoms with Gasteiger partial charge in [-0.05, 0) is 25.2 Å². The molecular weight excluding hydrogens is 232 g/mol. The van der Waals surface area contributed by atoms with Gasteiger partial charge in [0.1, 0.15) is 0 Å². The number of amides is 2. The van der Waals surface area contributed by atoms with Crippen LogP contribution in [-0.2, 0) is 4.79 Å². The van der Waals surface area contributed by atoms with E-state index in [1.807, 2.05) is 6.92 Å². The molecule has 1 fully saturated rings. The van der Waals surface area contributed by atoms with Gasteiger partial charge in [-0.1, -0.05) is 20.3 Å². The highest BCUT2D eigenvalue weighted by Gasteiger charge is 2.32. The van der Waals surface area contributed by atoms with E-state index in [-0.39, 0.29) is 18.0 Å². The first kappa shape index (κ1) is 14.8.